The van der Waals surface area contributed by atoms with Crippen LogP contribution in [0.15, 0.2) is 28.7 Å². The molecule has 0 spiro atoms. The van der Waals surface area contributed by atoms with Crippen LogP contribution in [-0.2, 0) is 11.3 Å². The summed E-state index contributed by atoms with van der Waals surface area (Å²) in [4.78, 5) is 13.2. The third-order valence-electron chi connectivity index (χ3n) is 2.98. The van der Waals surface area contributed by atoms with Crippen molar-refractivity contribution in [2.75, 3.05) is 6.54 Å². The molecule has 0 aliphatic heterocycles. The van der Waals surface area contributed by atoms with Crippen molar-refractivity contribution < 1.29 is 9.90 Å². The molecule has 94 valence electrons. The Hall–Kier alpha value is -0.870. The standard InChI is InChI=1S/C13H18BrNO2/c1-4-15(13(2,3)12(16)17)9-10-5-7-11(14)8-6-10/h5-8H,4,9H2,1-3H3,(H,16,17). The van der Waals surface area contributed by atoms with Crippen LogP contribution in [0.1, 0.15) is 26.3 Å². The average molecular weight is 300 g/mol. The number of aliphatic carboxylic acids is 1. The molecule has 0 aliphatic carbocycles. The number of hydrogen-bond acceptors (Lipinski definition) is 2. The Balaban J connectivity index is 2.83. The van der Waals surface area contributed by atoms with Crippen molar-refractivity contribution in [3.05, 3.63) is 34.3 Å². The van der Waals surface area contributed by atoms with Gasteiger partial charge in [0, 0.05) is 11.0 Å². The van der Waals surface area contributed by atoms with Gasteiger partial charge >= 0.3 is 5.97 Å². The van der Waals surface area contributed by atoms with Gasteiger partial charge in [-0.1, -0.05) is 35.0 Å². The maximum atomic E-state index is 11.2. The molecule has 0 unspecified atom stereocenters. The maximum absolute atomic E-state index is 11.2. The molecule has 0 fully saturated rings. The molecule has 1 aromatic rings. The van der Waals surface area contributed by atoms with Crippen LogP contribution in [0.5, 0.6) is 0 Å². The minimum absolute atomic E-state index is 0.642. The first-order valence-electron chi connectivity index (χ1n) is 5.60. The summed E-state index contributed by atoms with van der Waals surface area (Å²) in [6.07, 6.45) is 0. The van der Waals surface area contributed by atoms with E-state index in [-0.39, 0.29) is 0 Å². The molecule has 0 heterocycles. The van der Waals surface area contributed by atoms with Crippen molar-refractivity contribution in [2.45, 2.75) is 32.9 Å². The van der Waals surface area contributed by atoms with Crippen LogP contribution in [0.25, 0.3) is 0 Å². The largest absolute Gasteiger partial charge is 0.480 e. The van der Waals surface area contributed by atoms with Gasteiger partial charge in [-0.05, 0) is 38.1 Å². The van der Waals surface area contributed by atoms with Gasteiger partial charge in [0.15, 0.2) is 0 Å². The fourth-order valence-corrected chi connectivity index (χ4v) is 1.91. The summed E-state index contributed by atoms with van der Waals surface area (Å²) in [5, 5.41) is 9.22. The van der Waals surface area contributed by atoms with E-state index in [1.807, 2.05) is 36.1 Å². The van der Waals surface area contributed by atoms with Gasteiger partial charge in [0.1, 0.15) is 5.54 Å². The van der Waals surface area contributed by atoms with Crippen molar-refractivity contribution >= 4 is 21.9 Å². The molecular weight excluding hydrogens is 282 g/mol. The summed E-state index contributed by atoms with van der Waals surface area (Å²) in [5.74, 6) is -0.795. The summed E-state index contributed by atoms with van der Waals surface area (Å²) in [5.41, 5.74) is 0.270. The SMILES string of the molecule is CCN(Cc1ccc(Br)cc1)C(C)(C)C(=O)O. The molecule has 0 aliphatic rings. The molecule has 4 heteroatoms. The predicted molar refractivity (Wildman–Crippen MR) is 71.9 cm³/mol. The van der Waals surface area contributed by atoms with E-state index in [2.05, 4.69) is 15.9 Å². The highest BCUT2D eigenvalue weighted by Crippen LogP contribution is 2.19. The van der Waals surface area contributed by atoms with Crippen LogP contribution < -0.4 is 0 Å². The monoisotopic (exact) mass is 299 g/mol. The van der Waals surface area contributed by atoms with Crippen LogP contribution in [-0.4, -0.2) is 28.1 Å². The second-order valence-electron chi connectivity index (χ2n) is 4.50. The normalized spacial score (nSPS) is 11.8. The number of rotatable bonds is 5. The average Bonchev–Trinajstić information content (AvgIpc) is 2.27. The topological polar surface area (TPSA) is 40.5 Å². The zero-order valence-corrected chi connectivity index (χ0v) is 12.0. The molecule has 0 saturated carbocycles. The Morgan fingerprint density at radius 2 is 1.88 bits per heavy atom. The van der Waals surface area contributed by atoms with Gasteiger partial charge in [-0.15, -0.1) is 0 Å². The summed E-state index contributed by atoms with van der Waals surface area (Å²) >= 11 is 3.38. The van der Waals surface area contributed by atoms with Crippen molar-refractivity contribution in [1.29, 1.82) is 0 Å². The minimum Gasteiger partial charge on any atom is -0.480 e. The fraction of sp³-hybridized carbons (Fsp3) is 0.462. The third-order valence-corrected chi connectivity index (χ3v) is 3.51. The quantitative estimate of drug-likeness (QED) is 0.908. The lowest BCUT2D eigenvalue weighted by Gasteiger charge is -2.34. The summed E-state index contributed by atoms with van der Waals surface area (Å²) in [7, 11) is 0. The molecule has 0 saturated heterocycles. The first kappa shape index (κ1) is 14.2. The Bertz CT molecular complexity index is 387. The van der Waals surface area contributed by atoms with Gasteiger partial charge in [-0.3, -0.25) is 9.69 Å². The molecular formula is C13H18BrNO2. The number of carboxylic acid groups (broad SMARTS) is 1. The second kappa shape index (κ2) is 5.65. The number of carboxylic acids is 1. The second-order valence-corrected chi connectivity index (χ2v) is 5.42. The van der Waals surface area contributed by atoms with Crippen LogP contribution in [0.2, 0.25) is 0 Å². The first-order chi connectivity index (χ1) is 7.87. The van der Waals surface area contributed by atoms with Gasteiger partial charge in [0.25, 0.3) is 0 Å². The van der Waals surface area contributed by atoms with Crippen LogP contribution in [0, 0.1) is 0 Å². The molecule has 0 atom stereocenters. The lowest BCUT2D eigenvalue weighted by atomic mass is 10.0. The fourth-order valence-electron chi connectivity index (χ4n) is 1.65. The van der Waals surface area contributed by atoms with E-state index in [4.69, 9.17) is 0 Å². The molecule has 0 radical (unpaired) electrons. The van der Waals surface area contributed by atoms with Crippen molar-refractivity contribution in [3.8, 4) is 0 Å². The number of nitrogens with zero attached hydrogens (tertiary/aromatic N) is 1. The van der Waals surface area contributed by atoms with Gasteiger partial charge in [-0.2, -0.15) is 0 Å². The predicted octanol–water partition coefficient (Wildman–Crippen LogP) is 3.13. The molecule has 0 aromatic heterocycles. The van der Waals surface area contributed by atoms with E-state index >= 15 is 0 Å². The highest BCUT2D eigenvalue weighted by Gasteiger charge is 2.33. The highest BCUT2D eigenvalue weighted by molar-refractivity contribution is 9.10. The lowest BCUT2D eigenvalue weighted by molar-refractivity contribution is -0.149. The van der Waals surface area contributed by atoms with Crippen molar-refractivity contribution in [3.63, 3.8) is 0 Å². The van der Waals surface area contributed by atoms with E-state index in [9.17, 15) is 9.90 Å². The summed E-state index contributed by atoms with van der Waals surface area (Å²) < 4.78 is 1.03. The third kappa shape index (κ3) is 3.54. The number of benzene rings is 1. The number of likely N-dealkylation sites (N-methyl/N-ethyl adjacent to an activating group) is 1. The number of carbonyl (C=O) groups is 1. The molecule has 1 aromatic carbocycles. The Morgan fingerprint density at radius 3 is 2.29 bits per heavy atom. The Kier molecular flexibility index (Phi) is 4.71. The van der Waals surface area contributed by atoms with Crippen molar-refractivity contribution in [2.24, 2.45) is 0 Å². The van der Waals surface area contributed by atoms with Crippen LogP contribution >= 0.6 is 15.9 Å². The van der Waals surface area contributed by atoms with E-state index in [1.165, 1.54) is 0 Å². The molecule has 17 heavy (non-hydrogen) atoms. The van der Waals surface area contributed by atoms with E-state index in [0.29, 0.717) is 13.1 Å². The van der Waals surface area contributed by atoms with Gasteiger partial charge < -0.3 is 5.11 Å². The van der Waals surface area contributed by atoms with Gasteiger partial charge in [0.05, 0.1) is 0 Å². The Morgan fingerprint density at radius 1 is 1.35 bits per heavy atom. The molecule has 1 rings (SSSR count). The van der Waals surface area contributed by atoms with E-state index in [1.54, 1.807) is 13.8 Å². The zero-order chi connectivity index (χ0) is 13.1. The van der Waals surface area contributed by atoms with Crippen molar-refractivity contribution in [1.82, 2.24) is 4.90 Å². The number of halogens is 1. The number of hydrogen-bond donors (Lipinski definition) is 1. The molecule has 0 amide bonds. The van der Waals surface area contributed by atoms with Crippen LogP contribution in [0.3, 0.4) is 0 Å². The van der Waals surface area contributed by atoms with E-state index < -0.39 is 11.5 Å². The summed E-state index contributed by atoms with van der Waals surface area (Å²) in [6, 6.07) is 7.95. The van der Waals surface area contributed by atoms with Gasteiger partial charge in [0.2, 0.25) is 0 Å². The van der Waals surface area contributed by atoms with Gasteiger partial charge in [-0.25, -0.2) is 0 Å². The lowest BCUT2D eigenvalue weighted by Crippen LogP contribution is -2.49. The smallest absolute Gasteiger partial charge is 0.323 e. The summed E-state index contributed by atoms with van der Waals surface area (Å²) in [6.45, 7) is 6.79. The Labute approximate surface area is 111 Å². The molecule has 0 bridgehead atoms. The maximum Gasteiger partial charge on any atom is 0.323 e. The van der Waals surface area contributed by atoms with Crippen LogP contribution in [0.4, 0.5) is 0 Å². The molecule has 3 nitrogen and oxygen atoms in total. The highest BCUT2D eigenvalue weighted by atomic mass is 79.9. The minimum atomic E-state index is -0.845. The molecule has 1 N–H and O–H groups in total. The first-order valence-corrected chi connectivity index (χ1v) is 6.40. The zero-order valence-electron chi connectivity index (χ0n) is 10.4. The van der Waals surface area contributed by atoms with E-state index in [0.717, 1.165) is 10.0 Å².